The topological polar surface area (TPSA) is 42.0 Å². The zero-order valence-corrected chi connectivity index (χ0v) is 17.0. The van der Waals surface area contributed by atoms with E-state index >= 15 is 0 Å². The molecule has 0 saturated heterocycles. The number of thiazole rings is 1. The fourth-order valence-corrected chi connectivity index (χ4v) is 3.94. The molecule has 0 unspecified atom stereocenters. The first kappa shape index (κ1) is 22.2. The molecule has 30 heavy (non-hydrogen) atoms. The molecule has 1 aromatic heterocycles. The quantitative estimate of drug-likeness (QED) is 0.417. The summed E-state index contributed by atoms with van der Waals surface area (Å²) in [6, 6.07) is 9.07. The minimum atomic E-state index is -4.78. The van der Waals surface area contributed by atoms with Gasteiger partial charge < -0.3 is 5.32 Å². The Morgan fingerprint density at radius 2 is 1.73 bits per heavy atom. The van der Waals surface area contributed by atoms with Gasteiger partial charge in [-0.05, 0) is 30.7 Å². The number of hydrogen-bond acceptors (Lipinski definition) is 3. The van der Waals surface area contributed by atoms with Gasteiger partial charge in [0.2, 0.25) is 0 Å². The van der Waals surface area contributed by atoms with E-state index in [1.165, 1.54) is 25.1 Å². The van der Waals surface area contributed by atoms with E-state index in [1.807, 2.05) is 0 Å². The number of amides is 1. The monoisotopic (exact) mass is 460 g/mol. The van der Waals surface area contributed by atoms with Crippen LogP contribution in [0.25, 0.3) is 11.1 Å². The van der Waals surface area contributed by atoms with E-state index < -0.39 is 36.0 Å². The van der Waals surface area contributed by atoms with Gasteiger partial charge in [-0.15, -0.1) is 11.3 Å². The first-order valence-electron chi connectivity index (χ1n) is 8.54. The zero-order valence-electron chi connectivity index (χ0n) is 15.4. The molecule has 3 rings (SSSR count). The van der Waals surface area contributed by atoms with Gasteiger partial charge in [0.15, 0.2) is 5.69 Å². The highest BCUT2D eigenvalue weighted by Gasteiger charge is 2.39. The molecule has 0 atom stereocenters. The molecule has 0 radical (unpaired) electrons. The van der Waals surface area contributed by atoms with Crippen molar-refractivity contribution in [1.82, 2.24) is 4.98 Å². The molecule has 0 saturated carbocycles. The van der Waals surface area contributed by atoms with Gasteiger partial charge in [0.05, 0.1) is 10.0 Å². The van der Waals surface area contributed by atoms with Gasteiger partial charge in [-0.2, -0.15) is 13.2 Å². The lowest BCUT2D eigenvalue weighted by molar-refractivity contribution is -0.141. The Morgan fingerprint density at radius 1 is 1.13 bits per heavy atom. The molecule has 1 N–H and O–H groups in total. The summed E-state index contributed by atoms with van der Waals surface area (Å²) in [5.74, 6) is -0.981. The van der Waals surface area contributed by atoms with Crippen LogP contribution in [0.4, 0.5) is 27.6 Å². The van der Waals surface area contributed by atoms with Crippen LogP contribution in [0.2, 0.25) is 5.02 Å². The van der Waals surface area contributed by atoms with Gasteiger partial charge in [0.1, 0.15) is 18.2 Å². The van der Waals surface area contributed by atoms with E-state index in [1.54, 1.807) is 18.2 Å². The molecule has 0 fully saturated rings. The van der Waals surface area contributed by atoms with E-state index in [4.69, 9.17) is 11.6 Å². The van der Waals surface area contributed by atoms with E-state index in [9.17, 15) is 26.7 Å². The van der Waals surface area contributed by atoms with Gasteiger partial charge in [0, 0.05) is 22.4 Å². The molecular formula is C20H14ClF5N2OS. The summed E-state index contributed by atoms with van der Waals surface area (Å²) >= 11 is 6.60. The third-order valence-electron chi connectivity index (χ3n) is 4.21. The number of alkyl halides is 5. The number of benzene rings is 2. The van der Waals surface area contributed by atoms with Crippen molar-refractivity contribution in [3.8, 4) is 11.1 Å². The van der Waals surface area contributed by atoms with Gasteiger partial charge in [0.25, 0.3) is 5.91 Å². The first-order chi connectivity index (χ1) is 14.2. The van der Waals surface area contributed by atoms with E-state index in [-0.39, 0.29) is 26.8 Å². The summed E-state index contributed by atoms with van der Waals surface area (Å²) < 4.78 is 66.2. The summed E-state index contributed by atoms with van der Waals surface area (Å²) in [5.41, 5.74) is -0.195. The lowest BCUT2D eigenvalue weighted by Gasteiger charge is -2.14. The average molecular weight is 461 g/mol. The van der Waals surface area contributed by atoms with E-state index in [2.05, 4.69) is 10.3 Å². The predicted molar refractivity (Wildman–Crippen MR) is 106 cm³/mol. The summed E-state index contributed by atoms with van der Waals surface area (Å²) in [7, 11) is 0. The predicted octanol–water partition coefficient (Wildman–Crippen LogP) is 6.98. The number of para-hydroxylation sites is 1. The summed E-state index contributed by atoms with van der Waals surface area (Å²) in [4.78, 5) is 15.4. The fraction of sp³-hybridized carbons (Fsp3) is 0.200. The van der Waals surface area contributed by atoms with Crippen LogP contribution in [-0.4, -0.2) is 10.9 Å². The van der Waals surface area contributed by atoms with Crippen LogP contribution < -0.4 is 5.32 Å². The van der Waals surface area contributed by atoms with Gasteiger partial charge >= 0.3 is 6.18 Å². The van der Waals surface area contributed by atoms with Gasteiger partial charge in [-0.3, -0.25) is 4.79 Å². The molecule has 3 nitrogen and oxygen atoms in total. The minimum Gasteiger partial charge on any atom is -0.321 e. The maximum atomic E-state index is 13.3. The fourth-order valence-electron chi connectivity index (χ4n) is 2.90. The highest BCUT2D eigenvalue weighted by molar-refractivity contribution is 7.13. The van der Waals surface area contributed by atoms with Gasteiger partial charge in [-0.25, -0.2) is 13.8 Å². The van der Waals surface area contributed by atoms with Crippen molar-refractivity contribution in [2.75, 3.05) is 5.32 Å². The summed E-state index contributed by atoms with van der Waals surface area (Å²) in [6.45, 7) is -0.484. The number of rotatable bonds is 5. The number of aromatic nitrogens is 1. The van der Waals surface area contributed by atoms with E-state index in [0.29, 0.717) is 22.5 Å². The van der Waals surface area contributed by atoms with Crippen LogP contribution in [0.3, 0.4) is 0 Å². The molecule has 1 amide bonds. The van der Waals surface area contributed by atoms with Crippen molar-refractivity contribution in [1.29, 1.82) is 0 Å². The van der Waals surface area contributed by atoms with Crippen molar-refractivity contribution in [2.24, 2.45) is 0 Å². The number of hydrogen-bond donors (Lipinski definition) is 1. The molecule has 1 heterocycles. The number of carbonyl (C=O) groups is 1. The second kappa shape index (κ2) is 8.69. The molecule has 158 valence electrons. The van der Waals surface area contributed by atoms with Crippen molar-refractivity contribution in [3.63, 3.8) is 0 Å². The molecule has 3 aromatic rings. The van der Waals surface area contributed by atoms with Crippen LogP contribution in [0, 0.1) is 6.92 Å². The number of nitrogens with one attached hydrogen (secondary N) is 1. The second-order valence-electron chi connectivity index (χ2n) is 6.28. The van der Waals surface area contributed by atoms with E-state index in [0.717, 1.165) is 0 Å². The van der Waals surface area contributed by atoms with Crippen molar-refractivity contribution >= 4 is 34.5 Å². The van der Waals surface area contributed by atoms with Crippen LogP contribution in [0.1, 0.15) is 31.5 Å². The summed E-state index contributed by atoms with van der Waals surface area (Å²) in [5, 5.41) is 2.52. The normalized spacial score (nSPS) is 11.6. The van der Waals surface area contributed by atoms with Crippen LogP contribution in [-0.2, 0) is 19.5 Å². The van der Waals surface area contributed by atoms with Crippen LogP contribution >= 0.6 is 22.9 Å². The Bertz CT molecular complexity index is 1070. The van der Waals surface area contributed by atoms with Crippen molar-refractivity contribution in [2.45, 2.75) is 26.4 Å². The Kier molecular flexibility index (Phi) is 6.42. The Balaban J connectivity index is 2.03. The molecule has 0 bridgehead atoms. The van der Waals surface area contributed by atoms with Crippen molar-refractivity contribution in [3.05, 3.63) is 68.1 Å². The first-order valence-corrected chi connectivity index (χ1v) is 9.73. The highest BCUT2D eigenvalue weighted by Crippen LogP contribution is 2.37. The Hall–Kier alpha value is -2.52. The molecule has 0 aliphatic rings. The Morgan fingerprint density at radius 3 is 2.30 bits per heavy atom. The number of carbonyl (C=O) groups excluding carboxylic acids is 1. The lowest BCUT2D eigenvalue weighted by Crippen LogP contribution is -2.17. The molecular weight excluding hydrogens is 447 g/mol. The number of nitrogens with zero attached hydrogens (tertiary/aromatic N) is 1. The van der Waals surface area contributed by atoms with Crippen molar-refractivity contribution < 1.29 is 26.7 Å². The highest BCUT2D eigenvalue weighted by atomic mass is 35.5. The second-order valence-corrected chi connectivity index (χ2v) is 7.86. The minimum absolute atomic E-state index is 0.0276. The number of halogens is 6. The molecule has 10 heteroatoms. The molecule has 2 aromatic carbocycles. The maximum Gasteiger partial charge on any atom is 0.435 e. The largest absolute Gasteiger partial charge is 0.435 e. The lowest BCUT2D eigenvalue weighted by atomic mass is 9.98. The average Bonchev–Trinajstić information content (AvgIpc) is 3.11. The van der Waals surface area contributed by atoms with Crippen LogP contribution in [0.5, 0.6) is 0 Å². The zero-order chi connectivity index (χ0) is 22.1. The van der Waals surface area contributed by atoms with Gasteiger partial charge in [-0.1, -0.05) is 29.8 Å². The maximum absolute atomic E-state index is 13.3. The SMILES string of the molecule is Cc1nc(C(F)(F)F)c(C(=O)Nc2ccccc2-c2cc(CF)c(Cl)c(CF)c2)s1. The molecule has 0 spiro atoms. The molecule has 0 aliphatic heterocycles. The summed E-state index contributed by atoms with van der Waals surface area (Å²) in [6.07, 6.45) is -4.78. The smallest absolute Gasteiger partial charge is 0.321 e. The molecule has 0 aliphatic carbocycles. The standard InChI is InChI=1S/C20H14ClF5N2OS/c1-10-27-18(20(24,25)26)17(30-10)19(29)28-15-5-3-2-4-14(15)11-6-12(8-22)16(21)13(7-11)9-23/h2-7H,8-9H2,1H3,(H,28,29). The van der Waals surface area contributed by atoms with Crippen LogP contribution in [0.15, 0.2) is 36.4 Å². The Labute approximate surface area is 177 Å². The number of anilines is 1. The number of aryl methyl sites for hydroxylation is 1. The third-order valence-corrected chi connectivity index (χ3v) is 5.66. The third kappa shape index (κ3) is 4.46.